The van der Waals surface area contributed by atoms with Crippen molar-refractivity contribution in [1.29, 1.82) is 0 Å². The number of anilines is 2. The summed E-state index contributed by atoms with van der Waals surface area (Å²) in [6, 6.07) is 10.6. The summed E-state index contributed by atoms with van der Waals surface area (Å²) in [5.74, 6) is -0.481. The number of rotatable bonds is 3. The van der Waals surface area contributed by atoms with E-state index in [1.165, 1.54) is 13.2 Å². The molecular formula is C15H12Cl2N2O3. The molecule has 2 rings (SSSR count). The number of esters is 1. The number of nitrogens with one attached hydrogen (secondary N) is 2. The molecule has 0 unspecified atom stereocenters. The Kier molecular flexibility index (Phi) is 5.25. The first kappa shape index (κ1) is 16.1. The molecule has 2 amide bonds. The van der Waals surface area contributed by atoms with Crippen LogP contribution >= 0.6 is 23.2 Å². The Morgan fingerprint density at radius 1 is 0.955 bits per heavy atom. The fourth-order valence-electron chi connectivity index (χ4n) is 1.76. The molecule has 0 aliphatic heterocycles. The fourth-order valence-corrected chi connectivity index (χ4v) is 2.29. The van der Waals surface area contributed by atoms with Gasteiger partial charge in [-0.2, -0.15) is 0 Å². The molecule has 0 bridgehead atoms. The van der Waals surface area contributed by atoms with Crippen molar-refractivity contribution in [3.63, 3.8) is 0 Å². The zero-order valence-corrected chi connectivity index (χ0v) is 13.0. The van der Waals surface area contributed by atoms with Gasteiger partial charge in [-0.05, 0) is 36.4 Å². The summed E-state index contributed by atoms with van der Waals surface area (Å²) in [7, 11) is 1.29. The van der Waals surface area contributed by atoms with Gasteiger partial charge in [-0.1, -0.05) is 29.3 Å². The third kappa shape index (κ3) is 4.38. The van der Waals surface area contributed by atoms with E-state index < -0.39 is 12.0 Å². The van der Waals surface area contributed by atoms with Crippen molar-refractivity contribution in [3.8, 4) is 0 Å². The molecule has 0 saturated carbocycles. The van der Waals surface area contributed by atoms with Crippen molar-refractivity contribution < 1.29 is 14.3 Å². The maximum atomic E-state index is 11.9. The summed E-state index contributed by atoms with van der Waals surface area (Å²) < 4.78 is 4.62. The second-order valence-electron chi connectivity index (χ2n) is 4.31. The van der Waals surface area contributed by atoms with Crippen molar-refractivity contribution in [1.82, 2.24) is 0 Å². The molecule has 2 aromatic carbocycles. The molecule has 114 valence electrons. The number of hydrogen-bond donors (Lipinski definition) is 2. The molecular weight excluding hydrogens is 327 g/mol. The summed E-state index contributed by atoms with van der Waals surface area (Å²) in [6.45, 7) is 0. The minimum Gasteiger partial charge on any atom is -0.465 e. The van der Waals surface area contributed by atoms with Crippen LogP contribution in [-0.4, -0.2) is 19.1 Å². The lowest BCUT2D eigenvalue weighted by molar-refractivity contribution is 0.0600. The van der Waals surface area contributed by atoms with Gasteiger partial charge >= 0.3 is 12.0 Å². The molecule has 7 heteroatoms. The number of halogens is 2. The first-order valence-corrected chi connectivity index (χ1v) is 6.96. The van der Waals surface area contributed by atoms with Crippen LogP contribution in [0.15, 0.2) is 42.5 Å². The summed E-state index contributed by atoms with van der Waals surface area (Å²) in [5, 5.41) is 6.03. The van der Waals surface area contributed by atoms with E-state index in [2.05, 4.69) is 15.4 Å². The first-order chi connectivity index (χ1) is 10.5. The minimum atomic E-state index is -0.486. The molecule has 0 aliphatic rings. The van der Waals surface area contributed by atoms with E-state index in [1.807, 2.05) is 0 Å². The zero-order chi connectivity index (χ0) is 16.1. The lowest BCUT2D eigenvalue weighted by Gasteiger charge is -2.09. The van der Waals surface area contributed by atoms with Crippen molar-refractivity contribution in [2.24, 2.45) is 0 Å². The predicted molar refractivity (Wildman–Crippen MR) is 86.9 cm³/mol. The van der Waals surface area contributed by atoms with Gasteiger partial charge in [0, 0.05) is 21.4 Å². The van der Waals surface area contributed by atoms with Crippen molar-refractivity contribution >= 4 is 46.6 Å². The van der Waals surface area contributed by atoms with Gasteiger partial charge in [0.1, 0.15) is 0 Å². The largest absolute Gasteiger partial charge is 0.465 e. The maximum Gasteiger partial charge on any atom is 0.337 e. The highest BCUT2D eigenvalue weighted by molar-refractivity contribution is 6.35. The van der Waals surface area contributed by atoms with E-state index in [9.17, 15) is 9.59 Å². The molecule has 0 aliphatic carbocycles. The number of carbonyl (C=O) groups is 2. The van der Waals surface area contributed by atoms with Gasteiger partial charge in [-0.15, -0.1) is 0 Å². The molecule has 0 spiro atoms. The lowest BCUT2D eigenvalue weighted by Crippen LogP contribution is -2.19. The molecule has 2 N–H and O–H groups in total. The number of ether oxygens (including phenoxy) is 1. The standard InChI is InChI=1S/C15H12Cl2N2O3/c1-22-14(20)9-3-2-4-12(5-9)18-15(21)19-13-7-10(16)6-11(17)8-13/h2-8H,1H3,(H2,18,19,21). The van der Waals surface area contributed by atoms with Gasteiger partial charge in [0.25, 0.3) is 0 Å². The Morgan fingerprint density at radius 3 is 2.23 bits per heavy atom. The summed E-state index contributed by atoms with van der Waals surface area (Å²) in [6.07, 6.45) is 0. The van der Waals surface area contributed by atoms with Crippen LogP contribution in [0.5, 0.6) is 0 Å². The average Bonchev–Trinajstić information content (AvgIpc) is 2.45. The normalized spacial score (nSPS) is 9.95. The fraction of sp³-hybridized carbons (Fsp3) is 0.0667. The van der Waals surface area contributed by atoms with Crippen molar-refractivity contribution in [3.05, 3.63) is 58.1 Å². The molecule has 0 radical (unpaired) electrons. The predicted octanol–water partition coefficient (Wildman–Crippen LogP) is 4.42. The Balaban J connectivity index is 2.07. The third-order valence-corrected chi connectivity index (χ3v) is 3.10. The Hall–Kier alpha value is -2.24. The highest BCUT2D eigenvalue weighted by Gasteiger charge is 2.08. The quantitative estimate of drug-likeness (QED) is 0.813. The van der Waals surface area contributed by atoms with E-state index in [0.717, 1.165) is 0 Å². The van der Waals surface area contributed by atoms with Gasteiger partial charge in [-0.25, -0.2) is 9.59 Å². The number of hydrogen-bond acceptors (Lipinski definition) is 3. The molecule has 22 heavy (non-hydrogen) atoms. The van der Waals surface area contributed by atoms with Crippen LogP contribution in [0.2, 0.25) is 10.0 Å². The van der Waals surface area contributed by atoms with Crippen molar-refractivity contribution in [2.75, 3.05) is 17.7 Å². The van der Waals surface area contributed by atoms with Crippen LogP contribution in [-0.2, 0) is 4.74 Å². The second kappa shape index (κ2) is 7.15. The van der Waals surface area contributed by atoms with Crippen LogP contribution < -0.4 is 10.6 Å². The number of benzene rings is 2. The molecule has 0 atom stereocenters. The smallest absolute Gasteiger partial charge is 0.337 e. The average molecular weight is 339 g/mol. The Labute approximate surface area is 137 Å². The topological polar surface area (TPSA) is 67.4 Å². The van der Waals surface area contributed by atoms with E-state index in [4.69, 9.17) is 23.2 Å². The maximum absolute atomic E-state index is 11.9. The first-order valence-electron chi connectivity index (χ1n) is 6.20. The van der Waals surface area contributed by atoms with Crippen LogP contribution in [0.25, 0.3) is 0 Å². The molecule has 0 aromatic heterocycles. The number of urea groups is 1. The highest BCUT2D eigenvalue weighted by atomic mass is 35.5. The Bertz CT molecular complexity index is 699. The Morgan fingerprint density at radius 2 is 1.59 bits per heavy atom. The van der Waals surface area contributed by atoms with Gasteiger partial charge in [0.15, 0.2) is 0 Å². The van der Waals surface area contributed by atoms with Gasteiger partial charge < -0.3 is 15.4 Å². The molecule has 0 heterocycles. The van der Waals surface area contributed by atoms with Crippen molar-refractivity contribution in [2.45, 2.75) is 0 Å². The second-order valence-corrected chi connectivity index (χ2v) is 5.18. The van der Waals surface area contributed by atoms with Gasteiger partial charge in [0.05, 0.1) is 12.7 Å². The lowest BCUT2D eigenvalue weighted by atomic mass is 10.2. The molecule has 5 nitrogen and oxygen atoms in total. The van der Waals surface area contributed by atoms with E-state index >= 15 is 0 Å². The van der Waals surface area contributed by atoms with Crippen LogP contribution in [0.3, 0.4) is 0 Å². The summed E-state index contributed by atoms with van der Waals surface area (Å²) >= 11 is 11.7. The summed E-state index contributed by atoms with van der Waals surface area (Å²) in [4.78, 5) is 23.4. The minimum absolute atomic E-state index is 0.339. The van der Waals surface area contributed by atoms with Gasteiger partial charge in [0.2, 0.25) is 0 Å². The monoisotopic (exact) mass is 338 g/mol. The number of methoxy groups -OCH3 is 1. The third-order valence-electron chi connectivity index (χ3n) is 2.66. The summed E-state index contributed by atoms with van der Waals surface area (Å²) in [5.41, 5.74) is 1.25. The molecule has 0 fully saturated rings. The van der Waals surface area contributed by atoms with Gasteiger partial charge in [-0.3, -0.25) is 0 Å². The number of amides is 2. The van der Waals surface area contributed by atoms with Crippen LogP contribution in [0, 0.1) is 0 Å². The highest BCUT2D eigenvalue weighted by Crippen LogP contribution is 2.22. The number of carbonyl (C=O) groups excluding carboxylic acids is 2. The van der Waals surface area contributed by atoms with Crippen LogP contribution in [0.1, 0.15) is 10.4 Å². The zero-order valence-electron chi connectivity index (χ0n) is 11.5. The molecule has 0 saturated heterocycles. The van der Waals surface area contributed by atoms with E-state index in [1.54, 1.807) is 36.4 Å². The SMILES string of the molecule is COC(=O)c1cccc(NC(=O)Nc2cc(Cl)cc(Cl)c2)c1. The molecule has 2 aromatic rings. The van der Waals surface area contributed by atoms with E-state index in [-0.39, 0.29) is 0 Å². The van der Waals surface area contributed by atoms with Crippen LogP contribution in [0.4, 0.5) is 16.2 Å². The van der Waals surface area contributed by atoms with E-state index in [0.29, 0.717) is 27.0 Å².